The number of alkyl halides is 3. The van der Waals surface area contributed by atoms with Gasteiger partial charge in [-0.1, -0.05) is 0 Å². The third kappa shape index (κ3) is 2.17. The molecule has 0 atom stereocenters. The zero-order valence-corrected chi connectivity index (χ0v) is 8.14. The van der Waals surface area contributed by atoms with E-state index in [4.69, 9.17) is 5.11 Å². The highest BCUT2D eigenvalue weighted by Crippen LogP contribution is 2.28. The molecular weight excluding hydrogens is 241 g/mol. The Bertz CT molecular complexity index is 578. The Morgan fingerprint density at radius 3 is 2.76 bits per heavy atom. The van der Waals surface area contributed by atoms with Crippen LogP contribution >= 0.6 is 0 Å². The first-order chi connectivity index (χ1) is 7.88. The van der Waals surface area contributed by atoms with Gasteiger partial charge in [-0.25, -0.2) is 4.98 Å². The van der Waals surface area contributed by atoms with E-state index in [1.807, 2.05) is 0 Å². The molecule has 0 amide bonds. The lowest BCUT2D eigenvalue weighted by atomic mass is 10.4. The van der Waals surface area contributed by atoms with Crippen LogP contribution < -0.4 is 0 Å². The summed E-state index contributed by atoms with van der Waals surface area (Å²) in [5.41, 5.74) is -1.05. The van der Waals surface area contributed by atoms with Gasteiger partial charge in [-0.05, 0) is 6.07 Å². The van der Waals surface area contributed by atoms with E-state index in [0.717, 1.165) is 12.3 Å². The molecule has 0 radical (unpaired) electrons. The Balaban J connectivity index is 2.57. The molecule has 0 aliphatic rings. The van der Waals surface area contributed by atoms with Crippen molar-refractivity contribution in [2.45, 2.75) is 12.6 Å². The van der Waals surface area contributed by atoms with Crippen molar-refractivity contribution in [2.24, 2.45) is 0 Å². The molecule has 2 aromatic rings. The van der Waals surface area contributed by atoms with Crippen LogP contribution in [0.25, 0.3) is 5.78 Å². The van der Waals surface area contributed by atoms with Gasteiger partial charge in [-0.3, -0.25) is 4.79 Å². The van der Waals surface area contributed by atoms with Crippen molar-refractivity contribution in [3.63, 3.8) is 0 Å². The monoisotopic (exact) mass is 246 g/mol. The number of aliphatic carboxylic acids is 1. The lowest BCUT2D eigenvalue weighted by molar-refractivity contribution is -0.142. The number of carboxylic acids is 1. The number of hydrogen-bond acceptors (Lipinski definition) is 4. The molecule has 0 saturated carbocycles. The van der Waals surface area contributed by atoms with Crippen molar-refractivity contribution >= 4 is 11.7 Å². The van der Waals surface area contributed by atoms with Gasteiger partial charge in [0.2, 0.25) is 0 Å². The van der Waals surface area contributed by atoms with E-state index in [0.29, 0.717) is 4.52 Å². The third-order valence-corrected chi connectivity index (χ3v) is 1.88. The zero-order valence-electron chi connectivity index (χ0n) is 8.14. The second-order valence-electron chi connectivity index (χ2n) is 3.14. The zero-order chi connectivity index (χ0) is 12.6. The number of fused-ring (bicyclic) bond motifs is 1. The van der Waals surface area contributed by atoms with Crippen molar-refractivity contribution in [2.75, 3.05) is 0 Å². The summed E-state index contributed by atoms with van der Waals surface area (Å²) in [6.07, 6.45) is -4.21. The first kappa shape index (κ1) is 11.3. The van der Waals surface area contributed by atoms with Crippen LogP contribution in [0.5, 0.6) is 0 Å². The molecule has 17 heavy (non-hydrogen) atoms. The summed E-state index contributed by atoms with van der Waals surface area (Å²) < 4.78 is 38.2. The minimum Gasteiger partial charge on any atom is -0.481 e. The molecule has 0 saturated heterocycles. The lowest BCUT2D eigenvalue weighted by Gasteiger charge is -2.06. The van der Waals surface area contributed by atoms with Crippen LogP contribution in [-0.2, 0) is 17.4 Å². The van der Waals surface area contributed by atoms with Crippen molar-refractivity contribution in [1.82, 2.24) is 19.6 Å². The quantitative estimate of drug-likeness (QED) is 0.846. The molecule has 0 aliphatic carbocycles. The topological polar surface area (TPSA) is 80.4 Å². The molecule has 2 heterocycles. The molecular formula is C8H5F3N4O2. The predicted molar refractivity (Wildman–Crippen MR) is 47.1 cm³/mol. The summed E-state index contributed by atoms with van der Waals surface area (Å²) in [4.78, 5) is 17.6. The van der Waals surface area contributed by atoms with Gasteiger partial charge in [0.15, 0.2) is 11.5 Å². The summed E-state index contributed by atoms with van der Waals surface area (Å²) >= 11 is 0. The average molecular weight is 246 g/mol. The van der Waals surface area contributed by atoms with Gasteiger partial charge in [0.05, 0.1) is 0 Å². The summed E-state index contributed by atoms with van der Waals surface area (Å²) in [6, 6.07) is 0.742. The van der Waals surface area contributed by atoms with E-state index in [9.17, 15) is 18.0 Å². The number of nitrogens with zero attached hydrogens (tertiary/aromatic N) is 4. The molecule has 1 N–H and O–H groups in total. The SMILES string of the molecule is O=C(O)Cc1nc2nccc(C(F)(F)F)n2n1. The fraction of sp³-hybridized carbons (Fsp3) is 0.250. The molecule has 0 unspecified atom stereocenters. The molecule has 0 fully saturated rings. The Morgan fingerprint density at radius 2 is 2.18 bits per heavy atom. The Morgan fingerprint density at radius 1 is 1.47 bits per heavy atom. The second-order valence-corrected chi connectivity index (χ2v) is 3.14. The van der Waals surface area contributed by atoms with E-state index in [1.54, 1.807) is 0 Å². The van der Waals surface area contributed by atoms with Gasteiger partial charge in [-0.15, -0.1) is 5.10 Å². The fourth-order valence-corrected chi connectivity index (χ4v) is 1.26. The van der Waals surface area contributed by atoms with E-state index >= 15 is 0 Å². The molecule has 2 rings (SSSR count). The van der Waals surface area contributed by atoms with Crippen molar-refractivity contribution in [3.05, 3.63) is 23.8 Å². The maximum Gasteiger partial charge on any atom is 0.433 e. The highest BCUT2D eigenvalue weighted by atomic mass is 19.4. The van der Waals surface area contributed by atoms with Crippen molar-refractivity contribution in [1.29, 1.82) is 0 Å². The average Bonchev–Trinajstić information content (AvgIpc) is 2.55. The first-order valence-electron chi connectivity index (χ1n) is 4.37. The van der Waals surface area contributed by atoms with Crippen LogP contribution in [0.4, 0.5) is 13.2 Å². The standard InChI is InChI=1S/C8H5F3N4O2/c9-8(10,11)4-1-2-12-7-13-5(3-6(16)17)14-15(4)7/h1-2H,3H2,(H,16,17). The van der Waals surface area contributed by atoms with E-state index in [2.05, 4.69) is 15.1 Å². The van der Waals surface area contributed by atoms with Crippen LogP contribution in [0.3, 0.4) is 0 Å². The summed E-state index contributed by atoms with van der Waals surface area (Å²) in [6.45, 7) is 0. The Hall–Kier alpha value is -2.19. The number of carbonyl (C=O) groups is 1. The van der Waals surface area contributed by atoms with Crippen LogP contribution in [-0.4, -0.2) is 30.7 Å². The first-order valence-corrected chi connectivity index (χ1v) is 4.37. The third-order valence-electron chi connectivity index (χ3n) is 1.88. The van der Waals surface area contributed by atoms with Crippen LogP contribution in [0.15, 0.2) is 12.3 Å². The lowest BCUT2D eigenvalue weighted by Crippen LogP contribution is -2.13. The Labute approximate surface area is 91.7 Å². The van der Waals surface area contributed by atoms with E-state index in [1.165, 1.54) is 0 Å². The molecule has 0 spiro atoms. The molecule has 0 aliphatic heterocycles. The van der Waals surface area contributed by atoms with E-state index < -0.39 is 24.3 Å². The summed E-state index contributed by atoms with van der Waals surface area (Å²) in [5.74, 6) is -1.73. The molecule has 9 heteroatoms. The van der Waals surface area contributed by atoms with Gasteiger partial charge >= 0.3 is 12.1 Å². The molecule has 6 nitrogen and oxygen atoms in total. The molecule has 90 valence electrons. The van der Waals surface area contributed by atoms with Gasteiger partial charge in [0.1, 0.15) is 6.42 Å². The highest BCUT2D eigenvalue weighted by molar-refractivity contribution is 5.69. The maximum atomic E-state index is 12.6. The fourth-order valence-electron chi connectivity index (χ4n) is 1.26. The molecule has 2 aromatic heterocycles. The van der Waals surface area contributed by atoms with Crippen LogP contribution in [0.2, 0.25) is 0 Å². The number of aromatic nitrogens is 4. The molecule has 0 aromatic carbocycles. The molecule has 0 bridgehead atoms. The normalized spacial score (nSPS) is 11.9. The highest BCUT2D eigenvalue weighted by Gasteiger charge is 2.34. The minimum atomic E-state index is -4.60. The van der Waals surface area contributed by atoms with Gasteiger partial charge in [0.25, 0.3) is 5.78 Å². The smallest absolute Gasteiger partial charge is 0.433 e. The number of hydrogen-bond donors (Lipinski definition) is 1. The predicted octanol–water partition coefficient (Wildman–Crippen LogP) is 0.770. The number of halogens is 3. The van der Waals surface area contributed by atoms with Crippen molar-refractivity contribution < 1.29 is 23.1 Å². The summed E-state index contributed by atoms with van der Waals surface area (Å²) in [7, 11) is 0. The number of rotatable bonds is 2. The second kappa shape index (κ2) is 3.68. The van der Waals surface area contributed by atoms with Gasteiger partial charge in [-0.2, -0.15) is 22.7 Å². The van der Waals surface area contributed by atoms with Crippen LogP contribution in [0.1, 0.15) is 11.5 Å². The van der Waals surface area contributed by atoms with E-state index in [-0.39, 0.29) is 11.6 Å². The van der Waals surface area contributed by atoms with Gasteiger partial charge < -0.3 is 5.11 Å². The largest absolute Gasteiger partial charge is 0.481 e. The Kier molecular flexibility index (Phi) is 2.45. The van der Waals surface area contributed by atoms with Gasteiger partial charge in [0, 0.05) is 6.20 Å². The van der Waals surface area contributed by atoms with Crippen molar-refractivity contribution in [3.8, 4) is 0 Å². The summed E-state index contributed by atoms with van der Waals surface area (Å²) in [5, 5.41) is 12.0. The maximum absolute atomic E-state index is 12.6. The minimum absolute atomic E-state index is 0.221. The number of carboxylic acid groups (broad SMARTS) is 1. The van der Waals surface area contributed by atoms with Crippen LogP contribution in [0, 0.1) is 0 Å².